The number of primary amides is 1. The Morgan fingerprint density at radius 1 is 1.21 bits per heavy atom. The van der Waals surface area contributed by atoms with E-state index in [0.29, 0.717) is 40.4 Å². The standard InChI is InChI=1S/C25H31N3O4Si/c1-31-17-9-10-18(24(26)30)20(14-17)21-19-6-5-11-27-25(19)28(15-32-12-13-33(2,3)4)22(21)23(29)16-7-8-16/h5-6,9-11,14,16H,7-8,12-13,15H2,1-4H3,(H2,26,30). The largest absolute Gasteiger partial charge is 0.497 e. The zero-order valence-corrected chi connectivity index (χ0v) is 20.7. The van der Waals surface area contributed by atoms with Crippen molar-refractivity contribution in [3.05, 3.63) is 47.8 Å². The van der Waals surface area contributed by atoms with Crippen molar-refractivity contribution in [2.24, 2.45) is 11.7 Å². The third-order valence-corrected chi connectivity index (χ3v) is 7.68. The van der Waals surface area contributed by atoms with Gasteiger partial charge in [0.2, 0.25) is 5.91 Å². The molecule has 0 spiro atoms. The van der Waals surface area contributed by atoms with Crippen LogP contribution in [0.5, 0.6) is 5.75 Å². The fourth-order valence-electron chi connectivity index (χ4n) is 3.98. The molecule has 1 aliphatic rings. The number of fused-ring (bicyclic) bond motifs is 1. The molecule has 2 N–H and O–H groups in total. The van der Waals surface area contributed by atoms with Gasteiger partial charge in [0.05, 0.1) is 12.8 Å². The average Bonchev–Trinajstić information content (AvgIpc) is 3.57. The zero-order valence-electron chi connectivity index (χ0n) is 19.7. The smallest absolute Gasteiger partial charge is 0.249 e. The molecule has 1 saturated carbocycles. The normalized spacial score (nSPS) is 13.9. The molecule has 1 fully saturated rings. The number of nitrogens with two attached hydrogens (primary N) is 1. The molecule has 2 heterocycles. The number of amides is 1. The summed E-state index contributed by atoms with van der Waals surface area (Å²) in [4.78, 5) is 30.5. The number of hydrogen-bond acceptors (Lipinski definition) is 5. The van der Waals surface area contributed by atoms with Crippen LogP contribution in [0, 0.1) is 5.92 Å². The highest BCUT2D eigenvalue weighted by Crippen LogP contribution is 2.42. The van der Waals surface area contributed by atoms with Crippen LogP contribution in [0.4, 0.5) is 0 Å². The number of ketones is 1. The molecule has 1 aromatic carbocycles. The summed E-state index contributed by atoms with van der Waals surface area (Å²) in [6.45, 7) is 7.76. The lowest BCUT2D eigenvalue weighted by Gasteiger charge is -2.17. The van der Waals surface area contributed by atoms with Gasteiger partial charge in [0, 0.05) is 48.9 Å². The fourth-order valence-corrected chi connectivity index (χ4v) is 4.73. The molecule has 8 heteroatoms. The van der Waals surface area contributed by atoms with Gasteiger partial charge in [-0.25, -0.2) is 4.98 Å². The van der Waals surface area contributed by atoms with Crippen LogP contribution in [-0.4, -0.2) is 43.0 Å². The van der Waals surface area contributed by atoms with Gasteiger partial charge in [-0.2, -0.15) is 0 Å². The van der Waals surface area contributed by atoms with Gasteiger partial charge < -0.3 is 15.2 Å². The van der Waals surface area contributed by atoms with Crippen LogP contribution in [0.1, 0.15) is 33.7 Å². The van der Waals surface area contributed by atoms with E-state index in [1.54, 1.807) is 31.5 Å². The number of methoxy groups -OCH3 is 1. The van der Waals surface area contributed by atoms with Gasteiger partial charge >= 0.3 is 0 Å². The van der Waals surface area contributed by atoms with E-state index in [4.69, 9.17) is 15.2 Å². The van der Waals surface area contributed by atoms with Gasteiger partial charge in [0.15, 0.2) is 5.78 Å². The quantitative estimate of drug-likeness (QED) is 0.266. The van der Waals surface area contributed by atoms with E-state index in [9.17, 15) is 9.59 Å². The van der Waals surface area contributed by atoms with E-state index in [2.05, 4.69) is 24.6 Å². The lowest BCUT2D eigenvalue weighted by atomic mass is 9.94. The summed E-state index contributed by atoms with van der Waals surface area (Å²) in [7, 11) is 0.313. The van der Waals surface area contributed by atoms with Crippen molar-refractivity contribution in [1.82, 2.24) is 9.55 Å². The minimum atomic E-state index is -1.25. The molecule has 3 aromatic rings. The maximum Gasteiger partial charge on any atom is 0.249 e. The Morgan fingerprint density at radius 3 is 2.61 bits per heavy atom. The third kappa shape index (κ3) is 4.86. The molecular formula is C25H31N3O4Si. The summed E-state index contributed by atoms with van der Waals surface area (Å²) >= 11 is 0. The Bertz CT molecular complexity index is 1210. The Balaban J connectivity index is 1.91. The maximum absolute atomic E-state index is 13.6. The predicted molar refractivity (Wildman–Crippen MR) is 131 cm³/mol. The molecule has 0 aliphatic heterocycles. The number of carbonyl (C=O) groups excluding carboxylic acids is 2. The molecular weight excluding hydrogens is 434 g/mol. The third-order valence-electron chi connectivity index (χ3n) is 5.98. The molecule has 0 bridgehead atoms. The van der Waals surface area contributed by atoms with Crippen molar-refractivity contribution < 1.29 is 19.1 Å². The van der Waals surface area contributed by atoms with Crippen molar-refractivity contribution in [3.63, 3.8) is 0 Å². The van der Waals surface area contributed by atoms with E-state index in [0.717, 1.165) is 24.3 Å². The number of pyridine rings is 1. The highest BCUT2D eigenvalue weighted by molar-refractivity contribution is 6.76. The van der Waals surface area contributed by atoms with Crippen molar-refractivity contribution in [1.29, 1.82) is 0 Å². The van der Waals surface area contributed by atoms with Gasteiger partial charge in [0.1, 0.15) is 18.1 Å². The van der Waals surface area contributed by atoms with Gasteiger partial charge in [0.25, 0.3) is 0 Å². The van der Waals surface area contributed by atoms with E-state index < -0.39 is 14.0 Å². The molecule has 0 saturated heterocycles. The minimum Gasteiger partial charge on any atom is -0.497 e. The van der Waals surface area contributed by atoms with Gasteiger partial charge in [-0.1, -0.05) is 19.6 Å². The van der Waals surface area contributed by atoms with E-state index in [-0.39, 0.29) is 18.4 Å². The second kappa shape index (κ2) is 9.11. The Morgan fingerprint density at radius 2 is 1.97 bits per heavy atom. The molecule has 0 unspecified atom stereocenters. The van der Waals surface area contributed by atoms with Gasteiger partial charge in [-0.05, 0) is 49.2 Å². The fraction of sp³-hybridized carbons (Fsp3) is 0.400. The maximum atomic E-state index is 13.6. The number of ether oxygens (including phenoxy) is 2. The second-order valence-electron chi connectivity index (χ2n) is 9.79. The summed E-state index contributed by atoms with van der Waals surface area (Å²) in [6.07, 6.45) is 3.44. The molecule has 0 atom stereocenters. The molecule has 33 heavy (non-hydrogen) atoms. The van der Waals surface area contributed by atoms with Crippen LogP contribution >= 0.6 is 0 Å². The Hall–Kier alpha value is -2.97. The molecule has 1 aliphatic carbocycles. The SMILES string of the molecule is COc1ccc(C(N)=O)c(-c2c(C(=O)C3CC3)n(COCC[Si](C)(C)C)c3ncccc23)c1. The summed E-state index contributed by atoms with van der Waals surface area (Å²) < 4.78 is 13.3. The van der Waals surface area contributed by atoms with Crippen LogP contribution < -0.4 is 10.5 Å². The number of Topliss-reactive ketones (excluding diaryl/α,β-unsaturated/α-hetero) is 1. The molecule has 4 rings (SSSR count). The lowest BCUT2D eigenvalue weighted by molar-refractivity contribution is 0.0816. The number of benzene rings is 1. The van der Waals surface area contributed by atoms with Crippen LogP contribution in [0.2, 0.25) is 25.7 Å². The molecule has 7 nitrogen and oxygen atoms in total. The van der Waals surface area contributed by atoms with Gasteiger partial charge in [-0.3, -0.25) is 14.2 Å². The molecule has 174 valence electrons. The second-order valence-corrected chi connectivity index (χ2v) is 15.4. The number of carbonyl (C=O) groups is 2. The first kappa shape index (κ1) is 23.2. The number of hydrogen-bond donors (Lipinski definition) is 1. The first-order valence-electron chi connectivity index (χ1n) is 11.3. The first-order chi connectivity index (χ1) is 15.7. The summed E-state index contributed by atoms with van der Waals surface area (Å²) in [6, 6.07) is 9.89. The number of rotatable bonds is 10. The van der Waals surface area contributed by atoms with Crippen molar-refractivity contribution >= 4 is 30.8 Å². The van der Waals surface area contributed by atoms with Crippen LogP contribution in [-0.2, 0) is 11.5 Å². The summed E-state index contributed by atoms with van der Waals surface area (Å²) in [5.74, 6) is 0.0520. The Kier molecular flexibility index (Phi) is 6.40. The molecule has 0 radical (unpaired) electrons. The topological polar surface area (TPSA) is 96.4 Å². The average molecular weight is 466 g/mol. The van der Waals surface area contributed by atoms with E-state index in [1.807, 2.05) is 16.7 Å². The van der Waals surface area contributed by atoms with E-state index >= 15 is 0 Å². The lowest BCUT2D eigenvalue weighted by Crippen LogP contribution is -2.22. The first-order valence-corrected chi connectivity index (χ1v) is 15.0. The van der Waals surface area contributed by atoms with Crippen molar-refractivity contribution in [3.8, 4) is 16.9 Å². The minimum absolute atomic E-state index is 0.0172. The van der Waals surface area contributed by atoms with Crippen LogP contribution in [0.3, 0.4) is 0 Å². The van der Waals surface area contributed by atoms with Crippen molar-refractivity contribution in [2.45, 2.75) is 45.3 Å². The van der Waals surface area contributed by atoms with Gasteiger partial charge in [-0.15, -0.1) is 0 Å². The van der Waals surface area contributed by atoms with E-state index in [1.165, 1.54) is 0 Å². The number of nitrogens with zero attached hydrogens (tertiary/aromatic N) is 2. The Labute approximate surface area is 194 Å². The zero-order chi connectivity index (χ0) is 23.8. The molecule has 1 amide bonds. The highest BCUT2D eigenvalue weighted by Gasteiger charge is 2.36. The van der Waals surface area contributed by atoms with Crippen LogP contribution in [0.25, 0.3) is 22.2 Å². The highest BCUT2D eigenvalue weighted by atomic mass is 28.3. The van der Waals surface area contributed by atoms with Crippen LogP contribution in [0.15, 0.2) is 36.5 Å². The predicted octanol–water partition coefficient (Wildman–Crippen LogP) is 4.72. The van der Waals surface area contributed by atoms with Crippen molar-refractivity contribution in [2.75, 3.05) is 13.7 Å². The monoisotopic (exact) mass is 465 g/mol. The number of aromatic nitrogens is 2. The summed E-state index contributed by atoms with van der Waals surface area (Å²) in [5, 5.41) is 0.783. The molecule has 2 aromatic heterocycles. The summed E-state index contributed by atoms with van der Waals surface area (Å²) in [5.41, 5.74) is 8.48.